The van der Waals surface area contributed by atoms with Crippen LogP contribution in [-0.4, -0.2) is 40.6 Å². The van der Waals surface area contributed by atoms with Crippen molar-refractivity contribution in [2.75, 3.05) is 6.61 Å². The standard InChI is InChI=1S/C23H28N2O4/c1-4-18-20(15(3)29-24-18)21(26)25-17-11-12-19(25)23(14-17,22(27)28-5-2)13-16-9-7-6-8-10-16/h6-10,17,19H,4-5,11-14H2,1-3H3/t17-,19+,23+/m1/s1. The molecule has 6 heteroatoms. The van der Waals surface area contributed by atoms with E-state index >= 15 is 0 Å². The number of rotatable bonds is 6. The molecule has 154 valence electrons. The maximum atomic E-state index is 13.6. The first-order valence-electron chi connectivity index (χ1n) is 10.5. The molecule has 2 bridgehead atoms. The van der Waals surface area contributed by atoms with Crippen molar-refractivity contribution in [3.05, 3.63) is 52.9 Å². The summed E-state index contributed by atoms with van der Waals surface area (Å²) in [6, 6.07) is 9.89. The lowest BCUT2D eigenvalue weighted by Gasteiger charge is -2.35. The van der Waals surface area contributed by atoms with Gasteiger partial charge in [0.1, 0.15) is 11.3 Å². The third-order valence-corrected chi connectivity index (χ3v) is 6.50. The number of ether oxygens (including phenoxy) is 1. The van der Waals surface area contributed by atoms with E-state index in [1.807, 2.05) is 49.1 Å². The molecule has 2 fully saturated rings. The second-order valence-electron chi connectivity index (χ2n) is 8.12. The van der Waals surface area contributed by atoms with Crippen LogP contribution in [0.3, 0.4) is 0 Å². The maximum absolute atomic E-state index is 13.6. The molecule has 2 aliphatic heterocycles. The first-order chi connectivity index (χ1) is 14.0. The number of hydrogen-bond donors (Lipinski definition) is 0. The van der Waals surface area contributed by atoms with Gasteiger partial charge < -0.3 is 14.2 Å². The van der Waals surface area contributed by atoms with Crippen LogP contribution in [0.15, 0.2) is 34.9 Å². The lowest BCUT2D eigenvalue weighted by molar-refractivity contribution is -0.157. The molecule has 3 atom stereocenters. The second-order valence-corrected chi connectivity index (χ2v) is 8.12. The highest BCUT2D eigenvalue weighted by molar-refractivity contribution is 5.98. The van der Waals surface area contributed by atoms with Gasteiger partial charge >= 0.3 is 5.97 Å². The zero-order valence-corrected chi connectivity index (χ0v) is 17.3. The van der Waals surface area contributed by atoms with E-state index in [9.17, 15) is 9.59 Å². The molecule has 6 nitrogen and oxygen atoms in total. The van der Waals surface area contributed by atoms with Crippen LogP contribution in [0, 0.1) is 12.3 Å². The number of aromatic nitrogens is 1. The summed E-state index contributed by atoms with van der Waals surface area (Å²) in [5.74, 6) is 0.293. The fourth-order valence-electron chi connectivity index (χ4n) is 5.27. The van der Waals surface area contributed by atoms with Gasteiger partial charge in [-0.2, -0.15) is 0 Å². The second kappa shape index (κ2) is 7.65. The molecule has 0 radical (unpaired) electrons. The summed E-state index contributed by atoms with van der Waals surface area (Å²) in [7, 11) is 0. The van der Waals surface area contributed by atoms with Crippen molar-refractivity contribution in [2.24, 2.45) is 5.41 Å². The Morgan fingerprint density at radius 1 is 1.24 bits per heavy atom. The molecule has 3 heterocycles. The Balaban J connectivity index is 1.71. The summed E-state index contributed by atoms with van der Waals surface area (Å²) in [5, 5.41) is 4.05. The Kier molecular flexibility index (Phi) is 5.19. The van der Waals surface area contributed by atoms with Crippen molar-refractivity contribution in [3.63, 3.8) is 0 Å². The average molecular weight is 396 g/mol. The van der Waals surface area contributed by atoms with Crippen molar-refractivity contribution < 1.29 is 18.8 Å². The molecule has 0 unspecified atom stereocenters. The van der Waals surface area contributed by atoms with Gasteiger partial charge in [-0.3, -0.25) is 9.59 Å². The largest absolute Gasteiger partial charge is 0.465 e. The van der Waals surface area contributed by atoms with E-state index in [2.05, 4.69) is 5.16 Å². The quantitative estimate of drug-likeness (QED) is 0.696. The molecule has 0 N–H and O–H groups in total. The monoisotopic (exact) mass is 396 g/mol. The minimum absolute atomic E-state index is 0.0413. The molecule has 0 aliphatic carbocycles. The summed E-state index contributed by atoms with van der Waals surface area (Å²) < 4.78 is 10.8. The van der Waals surface area contributed by atoms with E-state index in [0.717, 1.165) is 18.4 Å². The third-order valence-electron chi connectivity index (χ3n) is 6.50. The minimum atomic E-state index is -0.701. The van der Waals surface area contributed by atoms with Crippen LogP contribution in [0.2, 0.25) is 0 Å². The normalized spacial score (nSPS) is 25.4. The van der Waals surface area contributed by atoms with Gasteiger partial charge in [0, 0.05) is 12.1 Å². The average Bonchev–Trinajstić information content (AvgIpc) is 3.40. The Hall–Kier alpha value is -2.63. The van der Waals surface area contributed by atoms with E-state index in [1.165, 1.54) is 0 Å². The first-order valence-corrected chi connectivity index (χ1v) is 10.5. The summed E-state index contributed by atoms with van der Waals surface area (Å²) in [4.78, 5) is 28.7. The van der Waals surface area contributed by atoms with E-state index in [1.54, 1.807) is 6.92 Å². The summed E-state index contributed by atoms with van der Waals surface area (Å²) >= 11 is 0. The van der Waals surface area contributed by atoms with Crippen LogP contribution in [0.25, 0.3) is 0 Å². The van der Waals surface area contributed by atoms with Crippen LogP contribution < -0.4 is 0 Å². The van der Waals surface area contributed by atoms with Gasteiger partial charge in [0.05, 0.1) is 17.7 Å². The molecule has 1 aromatic heterocycles. The first kappa shape index (κ1) is 19.7. The van der Waals surface area contributed by atoms with Crippen LogP contribution >= 0.6 is 0 Å². The molecule has 1 amide bonds. The van der Waals surface area contributed by atoms with Crippen molar-refractivity contribution in [1.29, 1.82) is 0 Å². The van der Waals surface area contributed by atoms with E-state index in [0.29, 0.717) is 42.9 Å². The zero-order chi connectivity index (χ0) is 20.6. The van der Waals surface area contributed by atoms with Gasteiger partial charge in [0.15, 0.2) is 0 Å². The van der Waals surface area contributed by atoms with Crippen LogP contribution in [-0.2, 0) is 22.4 Å². The van der Waals surface area contributed by atoms with Crippen LogP contribution in [0.4, 0.5) is 0 Å². The van der Waals surface area contributed by atoms with Gasteiger partial charge in [-0.25, -0.2) is 0 Å². The highest BCUT2D eigenvalue weighted by atomic mass is 16.5. The van der Waals surface area contributed by atoms with Crippen LogP contribution in [0.5, 0.6) is 0 Å². The fraction of sp³-hybridized carbons (Fsp3) is 0.522. The third kappa shape index (κ3) is 3.15. The van der Waals surface area contributed by atoms with Gasteiger partial charge in [-0.05, 0) is 51.5 Å². The lowest BCUT2D eigenvalue weighted by atomic mass is 9.70. The predicted octanol–water partition coefficient (Wildman–Crippen LogP) is 3.71. The predicted molar refractivity (Wildman–Crippen MR) is 107 cm³/mol. The van der Waals surface area contributed by atoms with E-state index in [-0.39, 0.29) is 24.0 Å². The number of nitrogens with zero attached hydrogens (tertiary/aromatic N) is 2. The van der Waals surface area contributed by atoms with E-state index in [4.69, 9.17) is 9.26 Å². The van der Waals surface area contributed by atoms with Gasteiger partial charge in [0.25, 0.3) is 5.91 Å². The van der Waals surface area contributed by atoms with E-state index < -0.39 is 5.41 Å². The van der Waals surface area contributed by atoms with Gasteiger partial charge in [-0.15, -0.1) is 0 Å². The molecule has 2 aromatic rings. The molecule has 0 spiro atoms. The summed E-state index contributed by atoms with van der Waals surface area (Å²) in [6.07, 6.45) is 3.59. The molecule has 2 aliphatic rings. The summed E-state index contributed by atoms with van der Waals surface area (Å²) in [6.45, 7) is 5.91. The highest BCUT2D eigenvalue weighted by Crippen LogP contribution is 2.53. The molecular formula is C23H28N2O4. The topological polar surface area (TPSA) is 72.6 Å². The number of esters is 1. The lowest BCUT2D eigenvalue weighted by Crippen LogP contribution is -2.47. The van der Waals surface area contributed by atoms with Crippen molar-refractivity contribution in [1.82, 2.24) is 10.1 Å². The number of benzene rings is 1. The Bertz CT molecular complexity index is 907. The Morgan fingerprint density at radius 3 is 2.69 bits per heavy atom. The van der Waals surface area contributed by atoms with Gasteiger partial charge in [0.2, 0.25) is 0 Å². The SMILES string of the molecule is CCOC(=O)[C@@]1(Cc2ccccc2)C[C@H]2CC[C@@H]1N2C(=O)c1c(CC)noc1C. The molecule has 2 saturated heterocycles. The van der Waals surface area contributed by atoms with Crippen LogP contribution in [0.1, 0.15) is 60.5 Å². The molecule has 0 saturated carbocycles. The number of hydrogen-bond acceptors (Lipinski definition) is 5. The number of carbonyl (C=O) groups is 2. The number of aryl methyl sites for hydroxylation is 2. The molecule has 4 rings (SSSR count). The number of carbonyl (C=O) groups excluding carboxylic acids is 2. The van der Waals surface area contributed by atoms with Crippen molar-refractivity contribution in [3.8, 4) is 0 Å². The number of amides is 1. The zero-order valence-electron chi connectivity index (χ0n) is 17.3. The minimum Gasteiger partial charge on any atom is -0.465 e. The van der Waals surface area contributed by atoms with Crippen molar-refractivity contribution >= 4 is 11.9 Å². The molecular weight excluding hydrogens is 368 g/mol. The Labute approximate surface area is 171 Å². The fourth-order valence-corrected chi connectivity index (χ4v) is 5.27. The molecule has 29 heavy (non-hydrogen) atoms. The highest BCUT2D eigenvalue weighted by Gasteiger charge is 2.62. The van der Waals surface area contributed by atoms with Crippen molar-refractivity contribution in [2.45, 2.75) is 65.0 Å². The van der Waals surface area contributed by atoms with Gasteiger partial charge in [-0.1, -0.05) is 42.4 Å². The molecule has 1 aromatic carbocycles. The maximum Gasteiger partial charge on any atom is 0.314 e. The number of fused-ring (bicyclic) bond motifs is 2. The smallest absolute Gasteiger partial charge is 0.314 e. The summed E-state index contributed by atoms with van der Waals surface area (Å²) in [5.41, 5.74) is 1.64. The Morgan fingerprint density at radius 2 is 2.00 bits per heavy atom.